The Labute approximate surface area is 127 Å². The number of pyridine rings is 3. The third kappa shape index (κ3) is 1.21. The van der Waals surface area contributed by atoms with E-state index in [0.29, 0.717) is 0 Å². The summed E-state index contributed by atoms with van der Waals surface area (Å²) in [5, 5.41) is 2.41. The van der Waals surface area contributed by atoms with E-state index < -0.39 is 0 Å². The maximum absolute atomic E-state index is 4.72. The highest BCUT2D eigenvalue weighted by molar-refractivity contribution is 6.10. The summed E-state index contributed by atoms with van der Waals surface area (Å²) in [6.07, 6.45) is 7.51. The van der Waals surface area contributed by atoms with Crippen molar-refractivity contribution in [2.24, 2.45) is 0 Å². The first kappa shape index (κ1) is 11.9. The molecule has 22 heavy (non-hydrogen) atoms. The van der Waals surface area contributed by atoms with E-state index in [9.17, 15) is 0 Å². The van der Waals surface area contributed by atoms with Crippen molar-refractivity contribution in [1.29, 1.82) is 0 Å². The van der Waals surface area contributed by atoms with Crippen LogP contribution in [0.2, 0.25) is 0 Å². The van der Waals surface area contributed by atoms with Crippen LogP contribution in [0, 0.1) is 0 Å². The van der Waals surface area contributed by atoms with Gasteiger partial charge in [0.2, 0.25) is 0 Å². The van der Waals surface area contributed by atoms with Gasteiger partial charge in [0.1, 0.15) is 5.82 Å². The highest BCUT2D eigenvalue weighted by Crippen LogP contribution is 2.45. The predicted molar refractivity (Wildman–Crippen MR) is 86.3 cm³/mol. The van der Waals surface area contributed by atoms with Gasteiger partial charge in [-0.3, -0.25) is 14.5 Å². The summed E-state index contributed by atoms with van der Waals surface area (Å²) in [5.41, 5.74) is 4.37. The number of aromatic nitrogens is 4. The van der Waals surface area contributed by atoms with Gasteiger partial charge in [-0.05, 0) is 32.0 Å². The molecule has 4 aromatic rings. The van der Waals surface area contributed by atoms with Crippen LogP contribution in [0.4, 0.5) is 0 Å². The van der Waals surface area contributed by atoms with Gasteiger partial charge in [0, 0.05) is 40.3 Å². The molecule has 0 atom stereocenters. The van der Waals surface area contributed by atoms with Crippen LogP contribution in [0.5, 0.6) is 0 Å². The van der Waals surface area contributed by atoms with Crippen molar-refractivity contribution in [3.05, 3.63) is 60.3 Å². The second-order valence-electron chi connectivity index (χ2n) is 6.28. The lowest BCUT2D eigenvalue weighted by Crippen LogP contribution is -2.28. The van der Waals surface area contributed by atoms with Gasteiger partial charge in [0.05, 0.1) is 22.9 Å². The molecule has 1 aliphatic heterocycles. The van der Waals surface area contributed by atoms with Crippen molar-refractivity contribution in [2.75, 3.05) is 0 Å². The number of fused-ring (bicyclic) bond motifs is 5. The average molecular weight is 286 g/mol. The van der Waals surface area contributed by atoms with E-state index in [2.05, 4.69) is 46.6 Å². The van der Waals surface area contributed by atoms with E-state index in [1.54, 1.807) is 0 Å². The molecule has 0 saturated heterocycles. The van der Waals surface area contributed by atoms with Crippen LogP contribution in [-0.4, -0.2) is 19.5 Å². The van der Waals surface area contributed by atoms with Crippen molar-refractivity contribution >= 4 is 21.8 Å². The molecular formula is C18H14N4. The number of rotatable bonds is 0. The van der Waals surface area contributed by atoms with Crippen LogP contribution < -0.4 is 0 Å². The Morgan fingerprint density at radius 1 is 0.955 bits per heavy atom. The Bertz CT molecular complexity index is 1060. The highest BCUT2D eigenvalue weighted by Gasteiger charge is 2.36. The maximum atomic E-state index is 4.72. The van der Waals surface area contributed by atoms with Crippen LogP contribution in [-0.2, 0) is 5.41 Å². The molecule has 0 unspecified atom stereocenters. The van der Waals surface area contributed by atoms with Gasteiger partial charge in [-0.15, -0.1) is 0 Å². The molecule has 106 valence electrons. The third-order valence-corrected chi connectivity index (χ3v) is 4.74. The van der Waals surface area contributed by atoms with E-state index >= 15 is 0 Å². The largest absolute Gasteiger partial charge is 0.290 e. The van der Waals surface area contributed by atoms with Crippen LogP contribution in [0.3, 0.4) is 0 Å². The molecule has 0 amide bonds. The first-order valence-corrected chi connectivity index (χ1v) is 7.39. The quantitative estimate of drug-likeness (QED) is 0.496. The minimum Gasteiger partial charge on any atom is -0.290 e. The summed E-state index contributed by atoms with van der Waals surface area (Å²) in [5.74, 6) is 0.987. The minimum absolute atomic E-state index is 0.166. The monoisotopic (exact) mass is 286 g/mol. The molecule has 0 fully saturated rings. The van der Waals surface area contributed by atoms with Gasteiger partial charge in [-0.25, -0.2) is 4.98 Å². The lowest BCUT2D eigenvalue weighted by Gasteiger charge is -2.32. The second-order valence-corrected chi connectivity index (χ2v) is 6.28. The summed E-state index contributed by atoms with van der Waals surface area (Å²) in [7, 11) is 0. The third-order valence-electron chi connectivity index (χ3n) is 4.74. The van der Waals surface area contributed by atoms with Gasteiger partial charge in [0.15, 0.2) is 0 Å². The first-order chi connectivity index (χ1) is 10.7. The molecule has 4 heteroatoms. The summed E-state index contributed by atoms with van der Waals surface area (Å²) in [6, 6.07) is 8.30. The zero-order chi connectivity index (χ0) is 14.9. The molecule has 4 aromatic heterocycles. The number of hydrogen-bond acceptors (Lipinski definition) is 3. The van der Waals surface area contributed by atoms with Crippen molar-refractivity contribution in [3.8, 4) is 5.82 Å². The fraction of sp³-hybridized carbons (Fsp3) is 0.167. The molecule has 0 N–H and O–H groups in total. The molecule has 0 aromatic carbocycles. The van der Waals surface area contributed by atoms with Crippen molar-refractivity contribution < 1.29 is 0 Å². The Hall–Kier alpha value is -2.75. The fourth-order valence-electron chi connectivity index (χ4n) is 3.68. The van der Waals surface area contributed by atoms with Crippen molar-refractivity contribution in [1.82, 2.24) is 19.5 Å². The van der Waals surface area contributed by atoms with Crippen LogP contribution in [0.25, 0.3) is 27.6 Å². The summed E-state index contributed by atoms with van der Waals surface area (Å²) >= 11 is 0. The fourth-order valence-corrected chi connectivity index (χ4v) is 3.68. The standard InChI is InChI=1S/C18H14N4/c1-18(2)13-4-3-7-21-17(13)22-14-10-19-8-5-11(14)12-6-9-20-16(18)15(12)22/h3-10H,1-2H3. The van der Waals surface area contributed by atoms with Crippen molar-refractivity contribution in [2.45, 2.75) is 19.3 Å². The molecule has 0 aliphatic carbocycles. The zero-order valence-corrected chi connectivity index (χ0v) is 12.4. The van der Waals surface area contributed by atoms with Crippen LogP contribution >= 0.6 is 0 Å². The molecule has 4 nitrogen and oxygen atoms in total. The molecule has 0 saturated carbocycles. The Kier molecular flexibility index (Phi) is 2.00. The average Bonchev–Trinajstić information content (AvgIpc) is 2.88. The van der Waals surface area contributed by atoms with E-state index in [1.807, 2.05) is 30.9 Å². The summed E-state index contributed by atoms with van der Waals surface area (Å²) < 4.78 is 2.21. The van der Waals surface area contributed by atoms with Crippen molar-refractivity contribution in [3.63, 3.8) is 0 Å². The SMILES string of the molecule is CC1(C)c2cccnc2-n2c3cnccc3c3ccnc1c32. The molecule has 5 rings (SSSR count). The zero-order valence-electron chi connectivity index (χ0n) is 12.4. The first-order valence-electron chi connectivity index (χ1n) is 7.39. The number of nitrogens with zero attached hydrogens (tertiary/aromatic N) is 4. The molecule has 0 spiro atoms. The Morgan fingerprint density at radius 3 is 2.73 bits per heavy atom. The molecule has 0 radical (unpaired) electrons. The van der Waals surface area contributed by atoms with E-state index in [0.717, 1.165) is 22.5 Å². The van der Waals surface area contributed by atoms with Crippen LogP contribution in [0.15, 0.2) is 49.1 Å². The summed E-state index contributed by atoms with van der Waals surface area (Å²) in [4.78, 5) is 13.7. The Morgan fingerprint density at radius 2 is 1.82 bits per heavy atom. The normalized spacial score (nSPS) is 15.2. The van der Waals surface area contributed by atoms with Gasteiger partial charge in [-0.1, -0.05) is 6.07 Å². The minimum atomic E-state index is -0.166. The van der Waals surface area contributed by atoms with E-state index in [-0.39, 0.29) is 5.41 Å². The molecule has 5 heterocycles. The predicted octanol–water partition coefficient (Wildman–Crippen LogP) is 3.61. The Balaban J connectivity index is 2.15. The van der Waals surface area contributed by atoms with E-state index in [1.165, 1.54) is 16.3 Å². The smallest absolute Gasteiger partial charge is 0.141 e. The molecular weight excluding hydrogens is 272 g/mol. The van der Waals surface area contributed by atoms with Crippen LogP contribution in [0.1, 0.15) is 25.1 Å². The number of hydrogen-bond donors (Lipinski definition) is 0. The lowest BCUT2D eigenvalue weighted by molar-refractivity contribution is 0.602. The van der Waals surface area contributed by atoms with Gasteiger partial charge < -0.3 is 0 Å². The molecule has 1 aliphatic rings. The van der Waals surface area contributed by atoms with Gasteiger partial charge >= 0.3 is 0 Å². The maximum Gasteiger partial charge on any atom is 0.141 e. The van der Waals surface area contributed by atoms with Gasteiger partial charge in [-0.2, -0.15) is 0 Å². The lowest BCUT2D eigenvalue weighted by atomic mass is 9.79. The van der Waals surface area contributed by atoms with E-state index in [4.69, 9.17) is 4.98 Å². The van der Waals surface area contributed by atoms with Gasteiger partial charge in [0.25, 0.3) is 0 Å². The topological polar surface area (TPSA) is 43.6 Å². The summed E-state index contributed by atoms with van der Waals surface area (Å²) in [6.45, 7) is 4.43. The second kappa shape index (κ2) is 3.71. The highest BCUT2D eigenvalue weighted by atomic mass is 15.1. The molecule has 0 bridgehead atoms.